The van der Waals surface area contributed by atoms with Crippen molar-refractivity contribution in [2.24, 2.45) is 0 Å². The second kappa shape index (κ2) is 6.48. The van der Waals surface area contributed by atoms with E-state index in [1.165, 1.54) is 4.90 Å². The molecule has 1 atom stereocenters. The molecule has 0 aromatic carbocycles. The molecule has 1 aliphatic rings. The van der Waals surface area contributed by atoms with Gasteiger partial charge in [-0.25, -0.2) is 0 Å². The first kappa shape index (κ1) is 13.0. The lowest BCUT2D eigenvalue weighted by molar-refractivity contribution is -0.145. The van der Waals surface area contributed by atoms with Crippen molar-refractivity contribution in [1.29, 1.82) is 0 Å². The molecule has 5 heteroatoms. The Morgan fingerprint density at radius 1 is 1.50 bits per heavy atom. The Hall–Kier alpha value is -1.10. The van der Waals surface area contributed by atoms with Gasteiger partial charge < -0.3 is 14.4 Å². The number of hydrogen-bond acceptors (Lipinski definition) is 4. The summed E-state index contributed by atoms with van der Waals surface area (Å²) in [6.45, 7) is 3.18. The van der Waals surface area contributed by atoms with E-state index in [1.807, 2.05) is 0 Å². The van der Waals surface area contributed by atoms with E-state index >= 15 is 0 Å². The minimum Gasteiger partial charge on any atom is -0.466 e. The van der Waals surface area contributed by atoms with Crippen molar-refractivity contribution < 1.29 is 19.1 Å². The molecule has 0 aromatic rings. The fourth-order valence-corrected chi connectivity index (χ4v) is 1.62. The van der Waals surface area contributed by atoms with E-state index in [0.29, 0.717) is 19.8 Å². The quantitative estimate of drug-likeness (QED) is 0.647. The fraction of sp³-hybridized carbons (Fsp3) is 0.818. The van der Waals surface area contributed by atoms with Crippen LogP contribution in [0, 0.1) is 0 Å². The number of rotatable bonds is 5. The van der Waals surface area contributed by atoms with Crippen molar-refractivity contribution >= 4 is 11.9 Å². The molecule has 0 bridgehead atoms. The molecule has 1 aliphatic heterocycles. The molecule has 0 radical (unpaired) electrons. The zero-order chi connectivity index (χ0) is 12.0. The van der Waals surface area contributed by atoms with Crippen LogP contribution in [0.15, 0.2) is 0 Å². The van der Waals surface area contributed by atoms with Crippen molar-refractivity contribution in [3.8, 4) is 0 Å². The van der Waals surface area contributed by atoms with Crippen LogP contribution in [0.3, 0.4) is 0 Å². The third kappa shape index (κ3) is 3.81. The van der Waals surface area contributed by atoms with Gasteiger partial charge in [0, 0.05) is 20.2 Å². The van der Waals surface area contributed by atoms with Gasteiger partial charge in [-0.1, -0.05) is 0 Å². The molecule has 1 fully saturated rings. The SMILES string of the molecule is CCOC(=O)CCN(C)C(=O)[C@@H]1CCCO1. The predicted octanol–water partition coefficient (Wildman–Crippen LogP) is 0.577. The Morgan fingerprint density at radius 2 is 2.25 bits per heavy atom. The lowest BCUT2D eigenvalue weighted by Crippen LogP contribution is -2.37. The second-order valence-electron chi connectivity index (χ2n) is 3.82. The van der Waals surface area contributed by atoms with Gasteiger partial charge in [-0.2, -0.15) is 0 Å². The van der Waals surface area contributed by atoms with E-state index in [4.69, 9.17) is 9.47 Å². The van der Waals surface area contributed by atoms with E-state index in [1.54, 1.807) is 14.0 Å². The lowest BCUT2D eigenvalue weighted by atomic mass is 10.2. The van der Waals surface area contributed by atoms with Crippen molar-refractivity contribution in [1.82, 2.24) is 4.90 Å². The molecule has 0 aromatic heterocycles. The smallest absolute Gasteiger partial charge is 0.307 e. The van der Waals surface area contributed by atoms with E-state index in [0.717, 1.165) is 12.8 Å². The summed E-state index contributed by atoms with van der Waals surface area (Å²) in [4.78, 5) is 24.4. The third-order valence-electron chi connectivity index (χ3n) is 2.54. The number of ether oxygens (including phenoxy) is 2. The molecule has 1 amide bonds. The van der Waals surface area contributed by atoms with Crippen molar-refractivity contribution in [3.63, 3.8) is 0 Å². The molecule has 5 nitrogen and oxygen atoms in total. The van der Waals surface area contributed by atoms with Crippen molar-refractivity contribution in [3.05, 3.63) is 0 Å². The average molecular weight is 229 g/mol. The standard InChI is InChI=1S/C11H19NO4/c1-3-15-10(13)6-7-12(2)11(14)9-5-4-8-16-9/h9H,3-8H2,1-2H3/t9-/m0/s1. The van der Waals surface area contributed by atoms with E-state index < -0.39 is 0 Å². The summed E-state index contributed by atoms with van der Waals surface area (Å²) in [5, 5.41) is 0. The maximum absolute atomic E-state index is 11.8. The minimum absolute atomic E-state index is 0.0400. The summed E-state index contributed by atoms with van der Waals surface area (Å²) in [5.74, 6) is -0.309. The van der Waals surface area contributed by atoms with Crippen molar-refractivity contribution in [2.75, 3.05) is 26.8 Å². The van der Waals surface area contributed by atoms with Crippen molar-refractivity contribution in [2.45, 2.75) is 32.3 Å². The van der Waals surface area contributed by atoms with Crippen LogP contribution in [0.2, 0.25) is 0 Å². The van der Waals surface area contributed by atoms with Gasteiger partial charge in [0.1, 0.15) is 6.10 Å². The lowest BCUT2D eigenvalue weighted by Gasteiger charge is -2.19. The van der Waals surface area contributed by atoms with Crippen LogP contribution in [0.1, 0.15) is 26.2 Å². The van der Waals surface area contributed by atoms with Gasteiger partial charge >= 0.3 is 5.97 Å². The molecule has 0 saturated carbocycles. The summed E-state index contributed by atoms with van der Waals surface area (Å²) < 4.78 is 10.1. The van der Waals surface area contributed by atoms with Gasteiger partial charge in [-0.3, -0.25) is 9.59 Å². The Bertz CT molecular complexity index is 248. The van der Waals surface area contributed by atoms with Crippen LogP contribution in [-0.4, -0.2) is 49.7 Å². The maximum atomic E-state index is 11.8. The largest absolute Gasteiger partial charge is 0.466 e. The summed E-state index contributed by atoms with van der Waals surface area (Å²) in [6.07, 6.45) is 1.64. The van der Waals surface area contributed by atoms with Gasteiger partial charge in [0.05, 0.1) is 13.0 Å². The summed E-state index contributed by atoms with van der Waals surface area (Å²) >= 11 is 0. The average Bonchev–Trinajstić information content (AvgIpc) is 2.78. The van der Waals surface area contributed by atoms with Gasteiger partial charge in [0.2, 0.25) is 0 Å². The Balaban J connectivity index is 2.25. The third-order valence-corrected chi connectivity index (χ3v) is 2.54. The van der Waals surface area contributed by atoms with E-state index in [-0.39, 0.29) is 24.4 Å². The zero-order valence-corrected chi connectivity index (χ0v) is 9.90. The highest BCUT2D eigenvalue weighted by Gasteiger charge is 2.26. The number of carbonyl (C=O) groups excluding carboxylic acids is 2. The number of hydrogen-bond donors (Lipinski definition) is 0. The Kier molecular flexibility index (Phi) is 5.25. The molecular weight excluding hydrogens is 210 g/mol. The first-order valence-electron chi connectivity index (χ1n) is 5.67. The number of esters is 1. The second-order valence-corrected chi connectivity index (χ2v) is 3.82. The molecule has 1 rings (SSSR count). The molecule has 92 valence electrons. The monoisotopic (exact) mass is 229 g/mol. The van der Waals surface area contributed by atoms with Crippen LogP contribution in [0.4, 0.5) is 0 Å². The molecule has 1 heterocycles. The van der Waals surface area contributed by atoms with Gasteiger partial charge in [0.15, 0.2) is 0 Å². The maximum Gasteiger partial charge on any atom is 0.307 e. The highest BCUT2D eigenvalue weighted by molar-refractivity contribution is 5.81. The van der Waals surface area contributed by atoms with Crippen LogP contribution < -0.4 is 0 Å². The normalized spacial score (nSPS) is 19.5. The number of carbonyl (C=O) groups is 2. The van der Waals surface area contributed by atoms with Crippen LogP contribution in [-0.2, 0) is 19.1 Å². The van der Waals surface area contributed by atoms with Gasteiger partial charge in [0.25, 0.3) is 5.91 Å². The molecule has 0 unspecified atom stereocenters. The minimum atomic E-state index is -0.313. The zero-order valence-electron chi connectivity index (χ0n) is 9.90. The number of nitrogens with zero attached hydrogens (tertiary/aromatic N) is 1. The highest BCUT2D eigenvalue weighted by atomic mass is 16.5. The Labute approximate surface area is 95.7 Å². The van der Waals surface area contributed by atoms with Crippen LogP contribution in [0.25, 0.3) is 0 Å². The fourth-order valence-electron chi connectivity index (χ4n) is 1.62. The number of likely N-dealkylation sites (N-methyl/N-ethyl adjacent to an activating group) is 1. The van der Waals surface area contributed by atoms with Crippen LogP contribution in [0.5, 0.6) is 0 Å². The summed E-state index contributed by atoms with van der Waals surface area (Å²) in [5.41, 5.74) is 0. The first-order valence-corrected chi connectivity index (χ1v) is 5.67. The molecule has 0 N–H and O–H groups in total. The number of amides is 1. The van der Waals surface area contributed by atoms with E-state index in [9.17, 15) is 9.59 Å². The van der Waals surface area contributed by atoms with E-state index in [2.05, 4.69) is 0 Å². The first-order chi connectivity index (χ1) is 7.65. The summed E-state index contributed by atoms with van der Waals surface area (Å²) in [7, 11) is 1.68. The van der Waals surface area contributed by atoms with Gasteiger partial charge in [-0.15, -0.1) is 0 Å². The topological polar surface area (TPSA) is 55.8 Å². The summed E-state index contributed by atoms with van der Waals surface area (Å²) in [6, 6.07) is 0. The van der Waals surface area contributed by atoms with Crippen LogP contribution >= 0.6 is 0 Å². The predicted molar refractivity (Wildman–Crippen MR) is 57.9 cm³/mol. The molecule has 16 heavy (non-hydrogen) atoms. The molecule has 0 spiro atoms. The Morgan fingerprint density at radius 3 is 2.81 bits per heavy atom. The highest BCUT2D eigenvalue weighted by Crippen LogP contribution is 2.14. The molecule has 0 aliphatic carbocycles. The molecular formula is C11H19NO4. The molecule has 1 saturated heterocycles. The van der Waals surface area contributed by atoms with Gasteiger partial charge in [-0.05, 0) is 19.8 Å².